The highest BCUT2D eigenvalue weighted by atomic mass is 19.4. The van der Waals surface area contributed by atoms with Crippen LogP contribution in [-0.2, 0) is 11.0 Å². The van der Waals surface area contributed by atoms with Gasteiger partial charge in [-0.25, -0.2) is 4.39 Å². The van der Waals surface area contributed by atoms with Crippen LogP contribution in [0.15, 0.2) is 43.0 Å². The number of fused-ring (bicyclic) bond motifs is 1. The number of hydrogen-bond acceptors (Lipinski definition) is 5. The summed E-state index contributed by atoms with van der Waals surface area (Å²) in [5.74, 6) is 4.02. The van der Waals surface area contributed by atoms with Crippen LogP contribution in [0.1, 0.15) is 36.6 Å². The van der Waals surface area contributed by atoms with E-state index < -0.39 is 29.2 Å². The number of amides is 1. The van der Waals surface area contributed by atoms with Crippen LogP contribution >= 0.6 is 0 Å². The lowest BCUT2D eigenvalue weighted by Crippen LogP contribution is -2.51. The molecule has 1 amide bonds. The third kappa shape index (κ3) is 4.14. The standard InChI is InChI=1S/C24H19F4N5O2/c1-14(25)22(34)32-12-17(13-32)33-21-15(5-9-23(35)7-2-8-23)6-10-29-20(21)19(31-33)16-3-4-18(30-11-16)24(26,27)28/h3-4,6,10-11,17,35H,1-2,7-8,12-13H2. The first-order valence-electron chi connectivity index (χ1n) is 10.9. The summed E-state index contributed by atoms with van der Waals surface area (Å²) < 4.78 is 53.8. The van der Waals surface area contributed by atoms with E-state index in [-0.39, 0.29) is 19.1 Å². The molecule has 0 radical (unpaired) electrons. The Balaban J connectivity index is 1.59. The van der Waals surface area contributed by atoms with Crippen LogP contribution in [0.4, 0.5) is 17.6 Å². The number of halogens is 4. The van der Waals surface area contributed by atoms with E-state index in [0.717, 1.165) is 18.7 Å². The van der Waals surface area contributed by atoms with Crippen LogP contribution < -0.4 is 0 Å². The van der Waals surface area contributed by atoms with Crippen LogP contribution in [0.5, 0.6) is 0 Å². The Bertz CT molecular complexity index is 1390. The summed E-state index contributed by atoms with van der Waals surface area (Å²) >= 11 is 0. The Morgan fingerprint density at radius 1 is 1.20 bits per heavy atom. The third-order valence-corrected chi connectivity index (χ3v) is 6.25. The smallest absolute Gasteiger partial charge is 0.378 e. The molecule has 3 aromatic heterocycles. The van der Waals surface area contributed by atoms with Gasteiger partial charge < -0.3 is 10.0 Å². The lowest BCUT2D eigenvalue weighted by molar-refractivity contribution is -0.141. The largest absolute Gasteiger partial charge is 0.433 e. The van der Waals surface area contributed by atoms with Gasteiger partial charge in [0.05, 0.1) is 11.6 Å². The normalized spacial score (nSPS) is 17.3. The van der Waals surface area contributed by atoms with Gasteiger partial charge in [-0.3, -0.25) is 19.4 Å². The molecule has 0 bridgehead atoms. The van der Waals surface area contributed by atoms with Crippen LogP contribution in [0, 0.1) is 11.8 Å². The van der Waals surface area contributed by atoms with E-state index in [1.54, 1.807) is 10.7 Å². The van der Waals surface area contributed by atoms with Gasteiger partial charge in [-0.05, 0) is 37.5 Å². The van der Waals surface area contributed by atoms with Crippen molar-refractivity contribution in [3.63, 3.8) is 0 Å². The van der Waals surface area contributed by atoms with Crippen molar-refractivity contribution in [2.45, 2.75) is 37.1 Å². The number of hydrogen-bond donors (Lipinski definition) is 1. The lowest BCUT2D eigenvalue weighted by Gasteiger charge is -2.39. The van der Waals surface area contributed by atoms with Crippen molar-refractivity contribution in [1.29, 1.82) is 0 Å². The molecule has 0 aromatic carbocycles. The second-order valence-corrected chi connectivity index (χ2v) is 8.68. The molecule has 0 unspecified atom stereocenters. The fourth-order valence-electron chi connectivity index (χ4n) is 4.09. The van der Waals surface area contributed by atoms with E-state index in [9.17, 15) is 27.5 Å². The maximum Gasteiger partial charge on any atom is 0.433 e. The summed E-state index contributed by atoms with van der Waals surface area (Å²) in [5, 5.41) is 15.0. The fourth-order valence-corrected chi connectivity index (χ4v) is 4.09. The predicted molar refractivity (Wildman–Crippen MR) is 117 cm³/mol. The number of pyridine rings is 2. The molecule has 35 heavy (non-hydrogen) atoms. The van der Waals surface area contributed by atoms with Gasteiger partial charge in [-0.15, -0.1) is 0 Å². The third-order valence-electron chi connectivity index (χ3n) is 6.25. The van der Waals surface area contributed by atoms with E-state index >= 15 is 0 Å². The molecule has 2 aliphatic rings. The Hall–Kier alpha value is -3.78. The van der Waals surface area contributed by atoms with Gasteiger partial charge in [0.2, 0.25) is 0 Å². The maximum absolute atomic E-state index is 13.3. The van der Waals surface area contributed by atoms with E-state index in [2.05, 4.69) is 33.5 Å². The zero-order chi connectivity index (χ0) is 25.0. The number of aliphatic hydroxyl groups is 1. The number of likely N-dealkylation sites (tertiary alicyclic amines) is 1. The van der Waals surface area contributed by atoms with E-state index in [1.807, 2.05) is 0 Å². The lowest BCUT2D eigenvalue weighted by atomic mass is 9.81. The Morgan fingerprint density at radius 2 is 1.94 bits per heavy atom. The first-order chi connectivity index (χ1) is 16.6. The van der Waals surface area contributed by atoms with Crippen LogP contribution in [-0.4, -0.2) is 54.4 Å². The van der Waals surface area contributed by atoms with Crippen molar-refractivity contribution in [2.75, 3.05) is 13.1 Å². The van der Waals surface area contributed by atoms with Crippen molar-refractivity contribution < 1.29 is 27.5 Å². The molecule has 4 heterocycles. The zero-order valence-corrected chi connectivity index (χ0v) is 18.3. The summed E-state index contributed by atoms with van der Waals surface area (Å²) in [5.41, 5.74) is -0.0469. The SMILES string of the molecule is C=C(F)C(=O)N1CC(n2nc(-c3ccc(C(F)(F)F)nc3)c3nccc(C#CC4(O)CCC4)c32)C1. The quantitative estimate of drug-likeness (QED) is 0.348. The molecule has 1 N–H and O–H groups in total. The van der Waals surface area contributed by atoms with Crippen LogP contribution in [0.3, 0.4) is 0 Å². The summed E-state index contributed by atoms with van der Waals surface area (Å²) in [4.78, 5) is 21.1. The van der Waals surface area contributed by atoms with Gasteiger partial charge in [-0.2, -0.15) is 18.3 Å². The molecule has 2 fully saturated rings. The van der Waals surface area contributed by atoms with Crippen molar-refractivity contribution in [2.24, 2.45) is 0 Å². The average Bonchev–Trinajstić information content (AvgIpc) is 3.14. The van der Waals surface area contributed by atoms with E-state index in [0.29, 0.717) is 40.7 Å². The summed E-state index contributed by atoms with van der Waals surface area (Å²) in [6.45, 7) is 3.35. The molecular formula is C24H19F4N5O2. The minimum Gasteiger partial charge on any atom is -0.378 e. The molecule has 3 aromatic rings. The first kappa shape index (κ1) is 23.0. The van der Waals surface area contributed by atoms with Crippen LogP contribution in [0.2, 0.25) is 0 Å². The highest BCUT2D eigenvalue weighted by molar-refractivity contribution is 5.94. The Kier molecular flexibility index (Phi) is 5.36. The number of aromatic nitrogens is 4. The van der Waals surface area contributed by atoms with Gasteiger partial charge in [0, 0.05) is 31.0 Å². The number of nitrogens with zero attached hydrogens (tertiary/aromatic N) is 5. The molecule has 1 aliphatic heterocycles. The molecule has 11 heteroatoms. The summed E-state index contributed by atoms with van der Waals surface area (Å²) in [6.07, 6.45) is 0.0337. The van der Waals surface area contributed by atoms with Crippen molar-refractivity contribution >= 4 is 16.9 Å². The van der Waals surface area contributed by atoms with E-state index in [4.69, 9.17) is 0 Å². The molecule has 1 saturated carbocycles. The number of alkyl halides is 3. The van der Waals surface area contributed by atoms with Gasteiger partial charge in [0.1, 0.15) is 28.0 Å². The van der Waals surface area contributed by atoms with Gasteiger partial charge >= 0.3 is 6.18 Å². The molecule has 0 spiro atoms. The molecule has 7 nitrogen and oxygen atoms in total. The van der Waals surface area contributed by atoms with Crippen molar-refractivity contribution in [3.05, 3.63) is 54.3 Å². The molecular weight excluding hydrogens is 466 g/mol. The summed E-state index contributed by atoms with van der Waals surface area (Å²) in [7, 11) is 0. The molecule has 180 valence electrons. The highest BCUT2D eigenvalue weighted by Crippen LogP contribution is 2.35. The number of carbonyl (C=O) groups is 1. The average molecular weight is 485 g/mol. The van der Waals surface area contributed by atoms with E-state index in [1.165, 1.54) is 17.2 Å². The fraction of sp³-hybridized carbons (Fsp3) is 0.333. The van der Waals surface area contributed by atoms with Crippen molar-refractivity contribution in [1.82, 2.24) is 24.6 Å². The molecule has 5 rings (SSSR count). The summed E-state index contributed by atoms with van der Waals surface area (Å²) in [6, 6.07) is 3.46. The Morgan fingerprint density at radius 3 is 2.51 bits per heavy atom. The second-order valence-electron chi connectivity index (χ2n) is 8.68. The number of carbonyl (C=O) groups excluding carboxylic acids is 1. The molecule has 1 aliphatic carbocycles. The predicted octanol–water partition coefficient (Wildman–Crippen LogP) is 3.65. The minimum absolute atomic E-state index is 0.162. The monoisotopic (exact) mass is 485 g/mol. The highest BCUT2D eigenvalue weighted by Gasteiger charge is 2.37. The zero-order valence-electron chi connectivity index (χ0n) is 18.3. The topological polar surface area (TPSA) is 84.1 Å². The maximum atomic E-state index is 13.3. The molecule has 1 saturated heterocycles. The Labute approximate surface area is 197 Å². The minimum atomic E-state index is -4.58. The first-order valence-corrected chi connectivity index (χ1v) is 10.9. The second kappa shape index (κ2) is 8.16. The van der Waals surface area contributed by atoms with Gasteiger partial charge in [0.15, 0.2) is 5.83 Å². The van der Waals surface area contributed by atoms with Crippen molar-refractivity contribution in [3.8, 4) is 23.1 Å². The molecule has 0 atom stereocenters. The van der Waals surface area contributed by atoms with Gasteiger partial charge in [-0.1, -0.05) is 18.4 Å². The van der Waals surface area contributed by atoms with Crippen LogP contribution in [0.25, 0.3) is 22.3 Å². The number of rotatable bonds is 3. The van der Waals surface area contributed by atoms with Gasteiger partial charge in [0.25, 0.3) is 5.91 Å².